The van der Waals surface area contributed by atoms with Crippen molar-refractivity contribution in [3.63, 3.8) is 0 Å². The van der Waals surface area contributed by atoms with Crippen LogP contribution in [0.15, 0.2) is 28.8 Å². The molecule has 3 rings (SSSR count). The van der Waals surface area contributed by atoms with Crippen LogP contribution >= 0.6 is 11.6 Å². The summed E-state index contributed by atoms with van der Waals surface area (Å²) < 4.78 is 10.5. The van der Waals surface area contributed by atoms with Crippen molar-refractivity contribution in [2.75, 3.05) is 7.11 Å². The van der Waals surface area contributed by atoms with Gasteiger partial charge in [0.15, 0.2) is 6.20 Å². The van der Waals surface area contributed by atoms with Crippen LogP contribution in [0.5, 0.6) is 0 Å². The third-order valence-electron chi connectivity index (χ3n) is 2.71. The minimum Gasteiger partial charge on any atom is -0.618 e. The van der Waals surface area contributed by atoms with Crippen LogP contribution in [0.4, 0.5) is 0 Å². The predicted octanol–water partition coefficient (Wildman–Crippen LogP) is 2.05. The molecule has 3 aromatic rings. The summed E-state index contributed by atoms with van der Waals surface area (Å²) in [6.45, 7) is 0. The number of ether oxygens (including phenoxy) is 1. The SMILES string of the molecule is COC(=O)c1nc2cc(Cl)c3ccc[n+]([O-])c3c2o1. The lowest BCUT2D eigenvalue weighted by Gasteiger charge is -2.02. The van der Waals surface area contributed by atoms with Gasteiger partial charge in [0.25, 0.3) is 5.52 Å². The summed E-state index contributed by atoms with van der Waals surface area (Å²) in [5.74, 6) is -0.932. The number of methoxy groups -OCH3 is 1. The van der Waals surface area contributed by atoms with Gasteiger partial charge in [0.05, 0.1) is 17.5 Å². The Morgan fingerprint density at radius 2 is 2.37 bits per heavy atom. The molecular weight excluding hydrogens is 272 g/mol. The number of esters is 1. The molecule has 7 heteroatoms. The van der Waals surface area contributed by atoms with Gasteiger partial charge in [-0.25, -0.2) is 9.78 Å². The molecule has 2 heterocycles. The molecule has 0 amide bonds. The van der Waals surface area contributed by atoms with Gasteiger partial charge in [-0.2, -0.15) is 4.73 Å². The van der Waals surface area contributed by atoms with Crippen LogP contribution in [0.2, 0.25) is 5.02 Å². The number of carbonyl (C=O) groups is 1. The molecule has 2 aromatic heterocycles. The average Bonchev–Trinajstić information content (AvgIpc) is 2.82. The monoisotopic (exact) mass is 278 g/mol. The zero-order valence-electron chi connectivity index (χ0n) is 9.71. The lowest BCUT2D eigenvalue weighted by atomic mass is 10.2. The van der Waals surface area contributed by atoms with Crippen molar-refractivity contribution in [2.24, 2.45) is 0 Å². The van der Waals surface area contributed by atoms with E-state index in [0.29, 0.717) is 20.7 Å². The molecule has 0 aliphatic heterocycles. The molecule has 0 unspecified atom stereocenters. The van der Waals surface area contributed by atoms with E-state index < -0.39 is 5.97 Å². The molecule has 0 aliphatic rings. The van der Waals surface area contributed by atoms with E-state index in [4.69, 9.17) is 16.0 Å². The number of rotatable bonds is 1. The highest BCUT2D eigenvalue weighted by Gasteiger charge is 2.21. The summed E-state index contributed by atoms with van der Waals surface area (Å²) in [4.78, 5) is 15.4. The first-order valence-corrected chi connectivity index (χ1v) is 5.69. The van der Waals surface area contributed by atoms with Gasteiger partial charge in [0.1, 0.15) is 5.52 Å². The largest absolute Gasteiger partial charge is 0.618 e. The first kappa shape index (κ1) is 11.7. The number of carbonyl (C=O) groups excluding carboxylic acids is 1. The first-order valence-electron chi connectivity index (χ1n) is 5.31. The molecular formula is C12H7ClN2O4. The minimum atomic E-state index is -0.714. The van der Waals surface area contributed by atoms with Crippen molar-refractivity contribution in [1.29, 1.82) is 0 Å². The standard InChI is InChI=1S/C12H7ClN2O4/c1-18-12(16)11-14-8-5-7(13)6-3-2-4-15(17)9(6)10(8)19-11/h2-5H,1H3. The van der Waals surface area contributed by atoms with Crippen molar-refractivity contribution >= 4 is 39.6 Å². The van der Waals surface area contributed by atoms with Crippen LogP contribution in [0.1, 0.15) is 10.7 Å². The average molecular weight is 279 g/mol. The number of hydrogen-bond donors (Lipinski definition) is 0. The summed E-state index contributed by atoms with van der Waals surface area (Å²) in [6, 6.07) is 4.80. The Bertz CT molecular complexity index is 812. The molecule has 0 spiro atoms. The Morgan fingerprint density at radius 3 is 3.11 bits per heavy atom. The Morgan fingerprint density at radius 1 is 1.58 bits per heavy atom. The number of nitrogens with zero attached hydrogens (tertiary/aromatic N) is 2. The number of pyridine rings is 1. The van der Waals surface area contributed by atoms with Crippen LogP contribution in [0.25, 0.3) is 22.0 Å². The van der Waals surface area contributed by atoms with E-state index in [-0.39, 0.29) is 17.0 Å². The number of benzene rings is 1. The third-order valence-corrected chi connectivity index (χ3v) is 3.02. The number of hydrogen-bond acceptors (Lipinski definition) is 5. The van der Waals surface area contributed by atoms with Crippen LogP contribution in [-0.2, 0) is 4.74 Å². The second-order valence-corrected chi connectivity index (χ2v) is 4.22. The zero-order chi connectivity index (χ0) is 13.6. The molecule has 1 aromatic carbocycles. The normalized spacial score (nSPS) is 11.1. The van der Waals surface area contributed by atoms with Crippen molar-refractivity contribution in [1.82, 2.24) is 4.98 Å². The summed E-state index contributed by atoms with van der Waals surface area (Å²) in [6.07, 6.45) is 1.32. The Labute approximate surface area is 111 Å². The van der Waals surface area contributed by atoms with Gasteiger partial charge >= 0.3 is 11.9 Å². The molecule has 0 atom stereocenters. The van der Waals surface area contributed by atoms with Crippen molar-refractivity contribution in [3.05, 3.63) is 40.5 Å². The summed E-state index contributed by atoms with van der Waals surface area (Å²) in [5, 5.41) is 12.7. The van der Waals surface area contributed by atoms with E-state index in [1.54, 1.807) is 12.1 Å². The molecule has 19 heavy (non-hydrogen) atoms. The van der Waals surface area contributed by atoms with Gasteiger partial charge in [0.2, 0.25) is 5.58 Å². The molecule has 96 valence electrons. The van der Waals surface area contributed by atoms with Crippen molar-refractivity contribution in [3.8, 4) is 0 Å². The Kier molecular flexibility index (Phi) is 2.53. The number of oxazole rings is 1. The smallest absolute Gasteiger partial charge is 0.394 e. The highest BCUT2D eigenvalue weighted by molar-refractivity contribution is 6.36. The fourth-order valence-electron chi connectivity index (χ4n) is 1.88. The lowest BCUT2D eigenvalue weighted by molar-refractivity contribution is -0.576. The van der Waals surface area contributed by atoms with Crippen LogP contribution < -0.4 is 4.73 Å². The second-order valence-electron chi connectivity index (χ2n) is 3.81. The van der Waals surface area contributed by atoms with Gasteiger partial charge in [-0.15, -0.1) is 0 Å². The molecule has 0 N–H and O–H groups in total. The Balaban J connectivity index is 2.45. The fourth-order valence-corrected chi connectivity index (χ4v) is 2.13. The third kappa shape index (κ3) is 1.68. The topological polar surface area (TPSA) is 79.3 Å². The molecule has 0 fully saturated rings. The van der Waals surface area contributed by atoms with Crippen LogP contribution in [0.3, 0.4) is 0 Å². The maximum Gasteiger partial charge on any atom is 0.394 e. The fraction of sp³-hybridized carbons (Fsp3) is 0.0833. The van der Waals surface area contributed by atoms with Gasteiger partial charge < -0.3 is 14.4 Å². The van der Waals surface area contributed by atoms with E-state index in [2.05, 4.69) is 9.72 Å². The number of aromatic nitrogens is 2. The van der Waals surface area contributed by atoms with Crippen LogP contribution in [-0.4, -0.2) is 18.1 Å². The van der Waals surface area contributed by atoms with Gasteiger partial charge in [-0.1, -0.05) is 11.6 Å². The molecule has 0 bridgehead atoms. The zero-order valence-corrected chi connectivity index (χ0v) is 10.5. The van der Waals surface area contributed by atoms with E-state index in [1.165, 1.54) is 19.4 Å². The highest BCUT2D eigenvalue weighted by Crippen LogP contribution is 2.29. The van der Waals surface area contributed by atoms with Gasteiger partial charge in [0, 0.05) is 6.07 Å². The lowest BCUT2D eigenvalue weighted by Crippen LogP contribution is -2.25. The molecule has 0 saturated carbocycles. The number of fused-ring (bicyclic) bond motifs is 3. The minimum absolute atomic E-state index is 0.204. The quantitative estimate of drug-likeness (QED) is 0.387. The van der Waals surface area contributed by atoms with Crippen LogP contribution in [0, 0.1) is 5.21 Å². The van der Waals surface area contributed by atoms with Gasteiger partial charge in [-0.05, 0) is 12.1 Å². The maximum absolute atomic E-state index is 11.8. The number of halogens is 1. The van der Waals surface area contributed by atoms with E-state index in [9.17, 15) is 10.0 Å². The first-order chi connectivity index (χ1) is 9.11. The van der Waals surface area contributed by atoms with E-state index in [0.717, 1.165) is 0 Å². The predicted molar refractivity (Wildman–Crippen MR) is 66.8 cm³/mol. The Hall–Kier alpha value is -2.34. The van der Waals surface area contributed by atoms with E-state index in [1.807, 2.05) is 0 Å². The molecule has 6 nitrogen and oxygen atoms in total. The maximum atomic E-state index is 11.8. The van der Waals surface area contributed by atoms with Crippen molar-refractivity contribution < 1.29 is 18.7 Å². The molecule has 0 saturated heterocycles. The summed E-state index contributed by atoms with van der Waals surface area (Å²) in [5.41, 5.74) is 0.761. The van der Waals surface area contributed by atoms with Gasteiger partial charge in [-0.3, -0.25) is 0 Å². The van der Waals surface area contributed by atoms with E-state index >= 15 is 0 Å². The van der Waals surface area contributed by atoms with Crippen molar-refractivity contribution in [2.45, 2.75) is 0 Å². The molecule has 0 aliphatic carbocycles. The highest BCUT2D eigenvalue weighted by atomic mass is 35.5. The summed E-state index contributed by atoms with van der Waals surface area (Å²) in [7, 11) is 1.22. The summed E-state index contributed by atoms with van der Waals surface area (Å²) >= 11 is 6.08. The second kappa shape index (κ2) is 4.10. The molecule has 0 radical (unpaired) electrons.